The summed E-state index contributed by atoms with van der Waals surface area (Å²) >= 11 is 3.31. The summed E-state index contributed by atoms with van der Waals surface area (Å²) in [7, 11) is 1.64. The highest BCUT2D eigenvalue weighted by atomic mass is 79.9. The Kier molecular flexibility index (Phi) is 3.60. The molecule has 0 aliphatic carbocycles. The predicted octanol–water partition coefficient (Wildman–Crippen LogP) is 4.21. The van der Waals surface area contributed by atoms with Crippen LogP contribution in [0.5, 0.6) is 5.75 Å². The topological polar surface area (TPSA) is 47.3 Å². The Hall–Kier alpha value is -2.01. The molecule has 4 nitrogen and oxygen atoms in total. The molecule has 3 rings (SSSR count). The number of hydrogen-bond acceptors (Lipinski definition) is 4. The number of methoxy groups -OCH3 is 1. The van der Waals surface area contributed by atoms with Crippen LogP contribution in [0.15, 0.2) is 51.6 Å². The van der Waals surface area contributed by atoms with Gasteiger partial charge >= 0.3 is 0 Å². The Bertz CT molecular complexity index is 722. The zero-order chi connectivity index (χ0) is 13.9. The molecular weight excluding hydrogens is 320 g/mol. The van der Waals surface area contributed by atoms with E-state index < -0.39 is 0 Å². The lowest BCUT2D eigenvalue weighted by Gasteiger charge is -2.03. The van der Waals surface area contributed by atoms with Gasteiger partial charge in [0, 0.05) is 5.39 Å². The molecule has 1 aromatic carbocycles. The molecular formula is C15H13BrN2O2. The molecule has 0 bridgehead atoms. The Balaban J connectivity index is 1.79. The molecule has 5 heteroatoms. The second-order valence-electron chi connectivity index (χ2n) is 4.31. The van der Waals surface area contributed by atoms with E-state index in [-0.39, 0.29) is 0 Å². The van der Waals surface area contributed by atoms with Gasteiger partial charge in [-0.3, -0.25) is 0 Å². The van der Waals surface area contributed by atoms with E-state index in [1.165, 1.54) is 0 Å². The maximum Gasteiger partial charge on any atom is 0.176 e. The van der Waals surface area contributed by atoms with Crippen molar-refractivity contribution in [3.63, 3.8) is 0 Å². The van der Waals surface area contributed by atoms with Crippen LogP contribution in [-0.4, -0.2) is 12.1 Å². The number of pyridine rings is 1. The van der Waals surface area contributed by atoms with Crippen molar-refractivity contribution in [1.29, 1.82) is 0 Å². The Labute approximate surface area is 124 Å². The second-order valence-corrected chi connectivity index (χ2v) is 5.13. The van der Waals surface area contributed by atoms with Gasteiger partial charge in [-0.1, -0.05) is 12.1 Å². The number of para-hydroxylation sites is 1. The van der Waals surface area contributed by atoms with Crippen LogP contribution in [0, 0.1) is 0 Å². The highest BCUT2D eigenvalue weighted by Crippen LogP contribution is 2.28. The summed E-state index contributed by atoms with van der Waals surface area (Å²) < 4.78 is 11.9. The van der Waals surface area contributed by atoms with Crippen LogP contribution in [-0.2, 0) is 6.54 Å². The van der Waals surface area contributed by atoms with Crippen LogP contribution in [0.1, 0.15) is 5.76 Å². The molecule has 2 heterocycles. The van der Waals surface area contributed by atoms with Gasteiger partial charge in [0.2, 0.25) is 0 Å². The largest absolute Gasteiger partial charge is 0.493 e. The van der Waals surface area contributed by atoms with Crippen molar-refractivity contribution < 1.29 is 9.15 Å². The lowest BCUT2D eigenvalue weighted by molar-refractivity contribution is 0.408. The van der Waals surface area contributed by atoms with Gasteiger partial charge < -0.3 is 14.5 Å². The third kappa shape index (κ3) is 2.63. The monoisotopic (exact) mass is 332 g/mol. The van der Waals surface area contributed by atoms with Crippen LogP contribution in [0.25, 0.3) is 11.0 Å². The van der Waals surface area contributed by atoms with Gasteiger partial charge in [0.05, 0.1) is 25.5 Å². The van der Waals surface area contributed by atoms with E-state index in [1.54, 1.807) is 13.3 Å². The molecule has 0 saturated heterocycles. The number of halogens is 1. The van der Waals surface area contributed by atoms with E-state index in [9.17, 15) is 0 Å². The van der Waals surface area contributed by atoms with Crippen molar-refractivity contribution >= 4 is 32.6 Å². The number of rotatable bonds is 4. The van der Waals surface area contributed by atoms with Crippen LogP contribution < -0.4 is 10.1 Å². The summed E-state index contributed by atoms with van der Waals surface area (Å²) in [4.78, 5) is 4.17. The number of fused-ring (bicyclic) bond motifs is 1. The normalized spacial score (nSPS) is 10.7. The highest BCUT2D eigenvalue weighted by Gasteiger charge is 2.08. The second kappa shape index (κ2) is 5.54. The van der Waals surface area contributed by atoms with Gasteiger partial charge in [0.1, 0.15) is 10.4 Å². The van der Waals surface area contributed by atoms with E-state index in [2.05, 4.69) is 26.2 Å². The van der Waals surface area contributed by atoms with Crippen molar-refractivity contribution in [3.8, 4) is 5.75 Å². The summed E-state index contributed by atoms with van der Waals surface area (Å²) in [5, 5.41) is 4.31. The number of ether oxygens (including phenoxy) is 1. The minimum atomic E-state index is 0.598. The summed E-state index contributed by atoms with van der Waals surface area (Å²) in [5.41, 5.74) is 1.72. The Morgan fingerprint density at radius 3 is 2.95 bits per heavy atom. The Morgan fingerprint density at radius 1 is 1.30 bits per heavy atom. The molecule has 0 aliphatic rings. The molecule has 0 fully saturated rings. The zero-order valence-corrected chi connectivity index (χ0v) is 12.5. The van der Waals surface area contributed by atoms with Gasteiger partial charge in [0.25, 0.3) is 0 Å². The molecule has 0 atom stereocenters. The van der Waals surface area contributed by atoms with Crippen molar-refractivity contribution in [1.82, 2.24) is 4.98 Å². The molecule has 0 spiro atoms. The maximum absolute atomic E-state index is 5.82. The molecule has 102 valence electrons. The predicted molar refractivity (Wildman–Crippen MR) is 82.0 cm³/mol. The van der Waals surface area contributed by atoms with Gasteiger partial charge in [0.15, 0.2) is 11.3 Å². The van der Waals surface area contributed by atoms with Crippen LogP contribution >= 0.6 is 15.9 Å². The average molecular weight is 333 g/mol. The molecule has 3 aromatic rings. The summed E-state index contributed by atoms with van der Waals surface area (Å²) in [5.74, 6) is 1.60. The fraction of sp³-hybridized carbons (Fsp3) is 0.133. The fourth-order valence-corrected chi connectivity index (χ4v) is 2.24. The van der Waals surface area contributed by atoms with Gasteiger partial charge in [-0.15, -0.1) is 0 Å². The molecule has 0 aliphatic heterocycles. The van der Waals surface area contributed by atoms with Crippen molar-refractivity contribution in [2.45, 2.75) is 6.54 Å². The first-order valence-corrected chi connectivity index (χ1v) is 6.96. The summed E-state index contributed by atoms with van der Waals surface area (Å²) in [6, 6.07) is 11.7. The standard InChI is InChI=1S/C15H13BrN2O2/c1-19-13-4-2-3-10-7-12(20-15(10)13)9-17-11-5-6-14(16)18-8-11/h2-8,17H,9H2,1H3. The SMILES string of the molecule is COc1cccc2cc(CNc3ccc(Br)nc3)oc12. The van der Waals surface area contributed by atoms with Crippen LogP contribution in [0.2, 0.25) is 0 Å². The first kappa shape index (κ1) is 13.0. The quantitative estimate of drug-likeness (QED) is 0.727. The van der Waals surface area contributed by atoms with E-state index in [4.69, 9.17) is 9.15 Å². The summed E-state index contributed by atoms with van der Waals surface area (Å²) in [6.45, 7) is 0.598. The van der Waals surface area contributed by atoms with Gasteiger partial charge in [-0.25, -0.2) is 4.98 Å². The fourth-order valence-electron chi connectivity index (χ4n) is 2.01. The van der Waals surface area contributed by atoms with Crippen molar-refractivity contribution in [2.75, 3.05) is 12.4 Å². The minimum Gasteiger partial charge on any atom is -0.493 e. The van der Waals surface area contributed by atoms with Crippen LogP contribution in [0.4, 0.5) is 5.69 Å². The number of aromatic nitrogens is 1. The number of furan rings is 1. The lowest BCUT2D eigenvalue weighted by atomic mass is 10.2. The van der Waals surface area contributed by atoms with Gasteiger partial charge in [-0.2, -0.15) is 0 Å². The molecule has 1 N–H and O–H groups in total. The van der Waals surface area contributed by atoms with Gasteiger partial charge in [-0.05, 0) is 40.2 Å². The molecule has 0 unspecified atom stereocenters. The molecule has 20 heavy (non-hydrogen) atoms. The number of benzene rings is 1. The third-order valence-electron chi connectivity index (χ3n) is 2.97. The number of nitrogens with zero attached hydrogens (tertiary/aromatic N) is 1. The number of hydrogen-bond donors (Lipinski definition) is 1. The third-order valence-corrected chi connectivity index (χ3v) is 3.44. The zero-order valence-electron chi connectivity index (χ0n) is 10.9. The number of nitrogens with one attached hydrogen (secondary N) is 1. The first-order chi connectivity index (χ1) is 9.76. The van der Waals surface area contributed by atoms with Crippen LogP contribution in [0.3, 0.4) is 0 Å². The lowest BCUT2D eigenvalue weighted by Crippen LogP contribution is -1.98. The first-order valence-electron chi connectivity index (χ1n) is 6.17. The van der Waals surface area contributed by atoms with E-state index in [0.717, 1.165) is 32.8 Å². The highest BCUT2D eigenvalue weighted by molar-refractivity contribution is 9.10. The average Bonchev–Trinajstić information content (AvgIpc) is 2.89. The summed E-state index contributed by atoms with van der Waals surface area (Å²) in [6.07, 6.45) is 1.77. The molecule has 0 radical (unpaired) electrons. The maximum atomic E-state index is 5.82. The van der Waals surface area contributed by atoms with Crippen molar-refractivity contribution in [3.05, 3.63) is 53.0 Å². The van der Waals surface area contributed by atoms with E-state index in [0.29, 0.717) is 6.54 Å². The smallest absolute Gasteiger partial charge is 0.176 e. The molecule has 0 saturated carbocycles. The Morgan fingerprint density at radius 2 is 2.20 bits per heavy atom. The minimum absolute atomic E-state index is 0.598. The molecule has 0 amide bonds. The van der Waals surface area contributed by atoms with E-state index in [1.807, 2.05) is 36.4 Å². The number of anilines is 1. The van der Waals surface area contributed by atoms with Crippen molar-refractivity contribution in [2.24, 2.45) is 0 Å². The molecule has 2 aromatic heterocycles. The van der Waals surface area contributed by atoms with E-state index >= 15 is 0 Å².